The Morgan fingerprint density at radius 1 is 1.00 bits per heavy atom. The molecular weight excluding hydrogens is 353 g/mol. The number of rotatable bonds is 9. The van der Waals surface area contributed by atoms with Crippen LogP contribution in [0.1, 0.15) is 16.7 Å². The number of nitrogens with one attached hydrogen (secondary N) is 1. The number of halogens is 1. The quantitative estimate of drug-likeness (QED) is 0.481. The highest BCUT2D eigenvalue weighted by atomic mass is 19.1. The first kappa shape index (κ1) is 19.5. The average molecular weight is 377 g/mol. The van der Waals surface area contributed by atoms with Crippen molar-refractivity contribution >= 4 is 5.69 Å². The van der Waals surface area contributed by atoms with Crippen molar-refractivity contribution in [2.24, 2.45) is 0 Å². The molecule has 0 aliphatic heterocycles. The van der Waals surface area contributed by atoms with Crippen LogP contribution in [0.2, 0.25) is 0 Å². The monoisotopic (exact) mass is 377 g/mol. The molecule has 3 rings (SSSR count). The molecule has 0 aliphatic rings. The van der Waals surface area contributed by atoms with E-state index in [2.05, 4.69) is 18.0 Å². The SMILES string of the molecule is C=CCc1cc(CNc2ccccc2)cc(OC)c1OCc1ccccc1F. The molecule has 0 amide bonds. The molecular formula is C24H24FNO2. The van der Waals surface area contributed by atoms with Gasteiger partial charge in [0, 0.05) is 23.4 Å². The van der Waals surface area contributed by atoms with E-state index in [1.807, 2.05) is 42.5 Å². The highest BCUT2D eigenvalue weighted by Crippen LogP contribution is 2.34. The highest BCUT2D eigenvalue weighted by molar-refractivity contribution is 5.52. The van der Waals surface area contributed by atoms with E-state index in [1.165, 1.54) is 6.07 Å². The van der Waals surface area contributed by atoms with Crippen molar-refractivity contribution in [2.45, 2.75) is 19.6 Å². The largest absolute Gasteiger partial charge is 0.493 e. The molecule has 28 heavy (non-hydrogen) atoms. The number of anilines is 1. The number of methoxy groups -OCH3 is 1. The average Bonchev–Trinajstić information content (AvgIpc) is 2.73. The van der Waals surface area contributed by atoms with Crippen molar-refractivity contribution in [3.8, 4) is 11.5 Å². The Morgan fingerprint density at radius 3 is 2.46 bits per heavy atom. The summed E-state index contributed by atoms with van der Waals surface area (Å²) in [6.07, 6.45) is 2.45. The Kier molecular flexibility index (Phi) is 6.68. The smallest absolute Gasteiger partial charge is 0.165 e. The van der Waals surface area contributed by atoms with Crippen LogP contribution in [-0.4, -0.2) is 7.11 Å². The van der Waals surface area contributed by atoms with Crippen LogP contribution in [0.25, 0.3) is 0 Å². The van der Waals surface area contributed by atoms with E-state index in [0.717, 1.165) is 16.8 Å². The van der Waals surface area contributed by atoms with Crippen LogP contribution in [0.15, 0.2) is 79.4 Å². The summed E-state index contributed by atoms with van der Waals surface area (Å²) in [5.74, 6) is 0.963. The second-order valence-electron chi connectivity index (χ2n) is 6.38. The Bertz CT molecular complexity index is 925. The maximum Gasteiger partial charge on any atom is 0.165 e. The zero-order valence-electron chi connectivity index (χ0n) is 16.0. The van der Waals surface area contributed by atoms with Crippen molar-refractivity contribution in [1.82, 2.24) is 0 Å². The van der Waals surface area contributed by atoms with E-state index in [-0.39, 0.29) is 12.4 Å². The summed E-state index contributed by atoms with van der Waals surface area (Å²) in [7, 11) is 1.61. The summed E-state index contributed by atoms with van der Waals surface area (Å²) < 4.78 is 25.4. The molecule has 0 radical (unpaired) electrons. The van der Waals surface area contributed by atoms with Crippen LogP contribution in [0, 0.1) is 5.82 Å². The van der Waals surface area contributed by atoms with Crippen molar-refractivity contribution < 1.29 is 13.9 Å². The third-order valence-corrected chi connectivity index (χ3v) is 4.38. The summed E-state index contributed by atoms with van der Waals surface area (Å²) >= 11 is 0. The molecule has 0 aromatic heterocycles. The van der Waals surface area contributed by atoms with Gasteiger partial charge < -0.3 is 14.8 Å². The molecule has 0 unspecified atom stereocenters. The summed E-state index contributed by atoms with van der Waals surface area (Å²) in [5.41, 5.74) is 3.57. The lowest BCUT2D eigenvalue weighted by Crippen LogP contribution is -2.05. The van der Waals surface area contributed by atoms with Crippen LogP contribution in [0.3, 0.4) is 0 Å². The number of hydrogen-bond acceptors (Lipinski definition) is 3. The minimum atomic E-state index is -0.282. The lowest BCUT2D eigenvalue weighted by atomic mass is 10.1. The van der Waals surface area contributed by atoms with Crippen LogP contribution >= 0.6 is 0 Å². The van der Waals surface area contributed by atoms with E-state index in [0.29, 0.717) is 30.0 Å². The standard InChI is InChI=1S/C24H24FNO2/c1-3-9-19-14-18(16-26-21-11-5-4-6-12-21)15-23(27-2)24(19)28-17-20-10-7-8-13-22(20)25/h3-8,10-15,26H,1,9,16-17H2,2H3. The molecule has 3 nitrogen and oxygen atoms in total. The third kappa shape index (κ3) is 4.92. The Morgan fingerprint density at radius 2 is 1.75 bits per heavy atom. The van der Waals surface area contributed by atoms with Gasteiger partial charge in [-0.15, -0.1) is 6.58 Å². The van der Waals surface area contributed by atoms with Gasteiger partial charge in [0.25, 0.3) is 0 Å². The number of hydrogen-bond donors (Lipinski definition) is 1. The van der Waals surface area contributed by atoms with Crippen LogP contribution in [-0.2, 0) is 19.6 Å². The maximum absolute atomic E-state index is 13.9. The fourth-order valence-corrected chi connectivity index (χ4v) is 2.97. The van der Waals surface area contributed by atoms with Gasteiger partial charge in [-0.3, -0.25) is 0 Å². The van der Waals surface area contributed by atoms with Gasteiger partial charge in [-0.1, -0.05) is 42.5 Å². The molecule has 4 heteroatoms. The molecule has 0 spiro atoms. The van der Waals surface area contributed by atoms with Gasteiger partial charge in [-0.2, -0.15) is 0 Å². The van der Waals surface area contributed by atoms with Gasteiger partial charge in [-0.05, 0) is 42.3 Å². The Labute approximate surface area is 165 Å². The lowest BCUT2D eigenvalue weighted by molar-refractivity contribution is 0.277. The highest BCUT2D eigenvalue weighted by Gasteiger charge is 2.14. The molecule has 0 fully saturated rings. The number of benzene rings is 3. The zero-order valence-corrected chi connectivity index (χ0v) is 16.0. The normalized spacial score (nSPS) is 10.4. The van der Waals surface area contributed by atoms with Crippen LogP contribution < -0.4 is 14.8 Å². The van der Waals surface area contributed by atoms with Gasteiger partial charge in [-0.25, -0.2) is 4.39 Å². The summed E-state index contributed by atoms with van der Waals surface area (Å²) in [5, 5.41) is 3.39. The minimum Gasteiger partial charge on any atom is -0.493 e. The molecule has 0 saturated carbocycles. The van der Waals surface area contributed by atoms with Gasteiger partial charge in [0.2, 0.25) is 0 Å². The first-order chi connectivity index (χ1) is 13.7. The predicted octanol–water partition coefficient (Wildman–Crippen LogP) is 5.75. The van der Waals surface area contributed by atoms with Crippen molar-refractivity contribution in [2.75, 3.05) is 12.4 Å². The topological polar surface area (TPSA) is 30.5 Å². The summed E-state index contributed by atoms with van der Waals surface area (Å²) in [6, 6.07) is 20.6. The first-order valence-electron chi connectivity index (χ1n) is 9.17. The zero-order chi connectivity index (χ0) is 19.8. The molecule has 144 valence electrons. The fraction of sp³-hybridized carbons (Fsp3) is 0.167. The predicted molar refractivity (Wildman–Crippen MR) is 111 cm³/mol. The second kappa shape index (κ2) is 9.60. The van der Waals surface area contributed by atoms with Crippen molar-refractivity contribution in [3.05, 3.63) is 102 Å². The van der Waals surface area contributed by atoms with Gasteiger partial charge >= 0.3 is 0 Å². The Balaban J connectivity index is 1.82. The first-order valence-corrected chi connectivity index (χ1v) is 9.17. The molecule has 3 aromatic rings. The van der Waals surface area contributed by atoms with Crippen LogP contribution in [0.4, 0.5) is 10.1 Å². The second-order valence-corrected chi connectivity index (χ2v) is 6.38. The summed E-state index contributed by atoms with van der Waals surface area (Å²) in [6.45, 7) is 4.62. The Hall–Kier alpha value is -3.27. The fourth-order valence-electron chi connectivity index (χ4n) is 2.97. The maximum atomic E-state index is 13.9. The van der Waals surface area contributed by atoms with Gasteiger partial charge in [0.1, 0.15) is 12.4 Å². The van der Waals surface area contributed by atoms with Gasteiger partial charge in [0.05, 0.1) is 7.11 Å². The molecule has 0 saturated heterocycles. The summed E-state index contributed by atoms with van der Waals surface area (Å²) in [4.78, 5) is 0. The van der Waals surface area contributed by atoms with Gasteiger partial charge in [0.15, 0.2) is 11.5 Å². The van der Waals surface area contributed by atoms with E-state index in [1.54, 1.807) is 25.3 Å². The van der Waals surface area contributed by atoms with E-state index in [4.69, 9.17) is 9.47 Å². The molecule has 3 aromatic carbocycles. The lowest BCUT2D eigenvalue weighted by Gasteiger charge is -2.17. The molecule has 0 heterocycles. The van der Waals surface area contributed by atoms with Crippen LogP contribution in [0.5, 0.6) is 11.5 Å². The van der Waals surface area contributed by atoms with E-state index in [9.17, 15) is 4.39 Å². The van der Waals surface area contributed by atoms with Crippen molar-refractivity contribution in [1.29, 1.82) is 0 Å². The number of allylic oxidation sites excluding steroid dienone is 1. The number of ether oxygens (including phenoxy) is 2. The molecule has 0 bridgehead atoms. The minimum absolute atomic E-state index is 0.134. The molecule has 0 atom stereocenters. The molecule has 1 N–H and O–H groups in total. The van der Waals surface area contributed by atoms with E-state index < -0.39 is 0 Å². The molecule has 0 aliphatic carbocycles. The van der Waals surface area contributed by atoms with E-state index >= 15 is 0 Å². The number of para-hydroxylation sites is 1. The third-order valence-electron chi connectivity index (χ3n) is 4.38. The van der Waals surface area contributed by atoms with Crippen molar-refractivity contribution in [3.63, 3.8) is 0 Å².